The maximum Gasteiger partial charge on any atom is 0.119 e. The molecule has 27 heavy (non-hydrogen) atoms. The van der Waals surface area contributed by atoms with E-state index >= 15 is 0 Å². The van der Waals surface area contributed by atoms with Gasteiger partial charge in [0, 0.05) is 29.2 Å². The molecular formula is C25H25NO. The van der Waals surface area contributed by atoms with Crippen molar-refractivity contribution in [1.29, 1.82) is 0 Å². The van der Waals surface area contributed by atoms with Gasteiger partial charge in [-0.15, -0.1) is 0 Å². The Balaban J connectivity index is 2.08. The smallest absolute Gasteiger partial charge is 0.119 e. The number of nitrogens with zero attached hydrogens (tertiary/aromatic N) is 1. The largest absolute Gasteiger partial charge is 0.508 e. The lowest BCUT2D eigenvalue weighted by atomic mass is 9.84. The molecule has 4 rings (SSSR count). The quantitative estimate of drug-likeness (QED) is 0.482. The SMILES string of the molecule is CCc1c(C(c2ccccc2)c2cc(C)ccc2O)n(C)c2ccccc12. The van der Waals surface area contributed by atoms with Crippen LogP contribution in [0.2, 0.25) is 0 Å². The van der Waals surface area contributed by atoms with E-state index in [-0.39, 0.29) is 5.92 Å². The van der Waals surface area contributed by atoms with Gasteiger partial charge in [-0.3, -0.25) is 0 Å². The van der Waals surface area contributed by atoms with Crippen LogP contribution in [0.15, 0.2) is 72.8 Å². The van der Waals surface area contributed by atoms with Crippen molar-refractivity contribution in [3.8, 4) is 5.75 Å². The first-order valence-corrected chi connectivity index (χ1v) is 9.52. The van der Waals surface area contributed by atoms with Crippen LogP contribution in [0, 0.1) is 6.92 Å². The van der Waals surface area contributed by atoms with E-state index in [0.29, 0.717) is 5.75 Å². The third-order valence-corrected chi connectivity index (χ3v) is 5.52. The van der Waals surface area contributed by atoms with Crippen molar-refractivity contribution in [1.82, 2.24) is 4.57 Å². The fraction of sp³-hybridized carbons (Fsp3) is 0.200. The highest BCUT2D eigenvalue weighted by molar-refractivity contribution is 5.86. The number of rotatable bonds is 4. The number of hydrogen-bond donors (Lipinski definition) is 1. The van der Waals surface area contributed by atoms with Gasteiger partial charge in [-0.25, -0.2) is 0 Å². The number of benzene rings is 3. The Labute approximate surface area is 160 Å². The summed E-state index contributed by atoms with van der Waals surface area (Å²) in [6.07, 6.45) is 0.951. The van der Waals surface area contributed by atoms with Crippen LogP contribution >= 0.6 is 0 Å². The normalized spacial score (nSPS) is 12.4. The summed E-state index contributed by atoms with van der Waals surface area (Å²) in [5.74, 6) is 0.334. The molecular weight excluding hydrogens is 330 g/mol. The Kier molecular flexibility index (Phi) is 4.49. The van der Waals surface area contributed by atoms with Gasteiger partial charge in [0.1, 0.15) is 5.75 Å². The first-order valence-electron chi connectivity index (χ1n) is 9.52. The summed E-state index contributed by atoms with van der Waals surface area (Å²) in [5, 5.41) is 12.0. The van der Waals surface area contributed by atoms with Crippen LogP contribution in [0.3, 0.4) is 0 Å². The van der Waals surface area contributed by atoms with Crippen LogP contribution in [0.5, 0.6) is 5.75 Å². The number of fused-ring (bicyclic) bond motifs is 1. The Morgan fingerprint density at radius 2 is 1.63 bits per heavy atom. The van der Waals surface area contributed by atoms with E-state index in [2.05, 4.69) is 80.1 Å². The third kappa shape index (κ3) is 2.91. The molecule has 1 atom stereocenters. The van der Waals surface area contributed by atoms with E-state index < -0.39 is 0 Å². The average Bonchev–Trinajstić information content (AvgIpc) is 2.98. The lowest BCUT2D eigenvalue weighted by Gasteiger charge is -2.23. The molecule has 0 radical (unpaired) electrons. The van der Waals surface area contributed by atoms with Crippen molar-refractivity contribution in [3.05, 3.63) is 101 Å². The summed E-state index contributed by atoms with van der Waals surface area (Å²) < 4.78 is 2.30. The summed E-state index contributed by atoms with van der Waals surface area (Å²) >= 11 is 0. The standard InChI is InChI=1S/C25H25NO/c1-4-19-20-12-8-9-13-22(20)26(3)25(19)24(18-10-6-5-7-11-18)21-16-17(2)14-15-23(21)27/h5-16,24,27H,4H2,1-3H3. The molecule has 2 heteroatoms. The number of para-hydroxylation sites is 1. The Bertz CT molecular complexity index is 1090. The van der Waals surface area contributed by atoms with Crippen molar-refractivity contribution in [2.75, 3.05) is 0 Å². The van der Waals surface area contributed by atoms with Gasteiger partial charge in [-0.05, 0) is 36.6 Å². The maximum atomic E-state index is 10.7. The molecule has 0 spiro atoms. The third-order valence-electron chi connectivity index (χ3n) is 5.52. The van der Waals surface area contributed by atoms with Crippen LogP contribution in [-0.2, 0) is 13.5 Å². The van der Waals surface area contributed by atoms with E-state index in [1.165, 1.54) is 27.7 Å². The predicted molar refractivity (Wildman–Crippen MR) is 113 cm³/mol. The summed E-state index contributed by atoms with van der Waals surface area (Å²) in [6.45, 7) is 4.29. The zero-order chi connectivity index (χ0) is 19.0. The molecule has 1 heterocycles. The fourth-order valence-electron chi connectivity index (χ4n) is 4.27. The van der Waals surface area contributed by atoms with Gasteiger partial charge in [0.25, 0.3) is 0 Å². The van der Waals surface area contributed by atoms with E-state index in [0.717, 1.165) is 17.5 Å². The number of phenolic OH excluding ortho intramolecular Hbond substituents is 1. The van der Waals surface area contributed by atoms with Crippen LogP contribution in [-0.4, -0.2) is 9.67 Å². The van der Waals surface area contributed by atoms with Crippen molar-refractivity contribution in [3.63, 3.8) is 0 Å². The van der Waals surface area contributed by atoms with Gasteiger partial charge >= 0.3 is 0 Å². The number of aromatic nitrogens is 1. The topological polar surface area (TPSA) is 25.2 Å². The van der Waals surface area contributed by atoms with E-state index in [9.17, 15) is 5.11 Å². The zero-order valence-electron chi connectivity index (χ0n) is 16.1. The molecule has 1 N–H and O–H groups in total. The van der Waals surface area contributed by atoms with Crippen molar-refractivity contribution < 1.29 is 5.11 Å². The van der Waals surface area contributed by atoms with Crippen LogP contribution < -0.4 is 0 Å². The van der Waals surface area contributed by atoms with Gasteiger partial charge in [0.05, 0.1) is 5.92 Å². The molecule has 0 aliphatic rings. The first kappa shape index (κ1) is 17.4. The number of aryl methyl sites for hydroxylation is 3. The van der Waals surface area contributed by atoms with Crippen LogP contribution in [0.25, 0.3) is 10.9 Å². The fourth-order valence-corrected chi connectivity index (χ4v) is 4.27. The van der Waals surface area contributed by atoms with Crippen LogP contribution in [0.4, 0.5) is 0 Å². The highest BCUT2D eigenvalue weighted by atomic mass is 16.3. The Hall–Kier alpha value is -3.00. The second-order valence-corrected chi connectivity index (χ2v) is 7.20. The van der Waals surface area contributed by atoms with Crippen molar-refractivity contribution in [2.45, 2.75) is 26.2 Å². The molecule has 1 unspecified atom stereocenters. The van der Waals surface area contributed by atoms with Gasteiger partial charge in [-0.2, -0.15) is 0 Å². The molecule has 0 amide bonds. The highest BCUT2D eigenvalue weighted by Gasteiger charge is 2.27. The second kappa shape index (κ2) is 6.96. The molecule has 0 fully saturated rings. The molecule has 0 aliphatic heterocycles. The lowest BCUT2D eigenvalue weighted by molar-refractivity contribution is 0.466. The molecule has 136 valence electrons. The second-order valence-electron chi connectivity index (χ2n) is 7.20. The molecule has 2 nitrogen and oxygen atoms in total. The monoisotopic (exact) mass is 355 g/mol. The average molecular weight is 355 g/mol. The number of hydrogen-bond acceptors (Lipinski definition) is 1. The summed E-state index contributed by atoms with van der Waals surface area (Å²) in [6, 6.07) is 25.0. The molecule has 0 saturated heterocycles. The number of aromatic hydroxyl groups is 1. The molecule has 0 bridgehead atoms. The minimum Gasteiger partial charge on any atom is -0.508 e. The van der Waals surface area contributed by atoms with Gasteiger partial charge in [-0.1, -0.05) is 73.2 Å². The Morgan fingerprint density at radius 1 is 0.926 bits per heavy atom. The van der Waals surface area contributed by atoms with Gasteiger partial charge < -0.3 is 9.67 Å². The molecule has 1 aromatic heterocycles. The first-order chi connectivity index (χ1) is 13.1. The molecule has 0 aliphatic carbocycles. The van der Waals surface area contributed by atoms with Gasteiger partial charge in [0.2, 0.25) is 0 Å². The van der Waals surface area contributed by atoms with Gasteiger partial charge in [0.15, 0.2) is 0 Å². The zero-order valence-corrected chi connectivity index (χ0v) is 16.1. The van der Waals surface area contributed by atoms with Crippen LogP contribution in [0.1, 0.15) is 40.8 Å². The molecule has 4 aromatic rings. The molecule has 0 saturated carbocycles. The maximum absolute atomic E-state index is 10.7. The molecule has 3 aromatic carbocycles. The summed E-state index contributed by atoms with van der Waals surface area (Å²) in [7, 11) is 2.14. The highest BCUT2D eigenvalue weighted by Crippen LogP contribution is 2.41. The van der Waals surface area contributed by atoms with Crippen molar-refractivity contribution in [2.24, 2.45) is 7.05 Å². The Morgan fingerprint density at radius 3 is 2.37 bits per heavy atom. The van der Waals surface area contributed by atoms with Crippen molar-refractivity contribution >= 4 is 10.9 Å². The minimum absolute atomic E-state index is 0.0153. The van der Waals surface area contributed by atoms with E-state index in [4.69, 9.17) is 0 Å². The summed E-state index contributed by atoms with van der Waals surface area (Å²) in [4.78, 5) is 0. The van der Waals surface area contributed by atoms with E-state index in [1.807, 2.05) is 18.2 Å². The predicted octanol–water partition coefficient (Wildman–Crippen LogP) is 5.93. The van der Waals surface area contributed by atoms with E-state index in [1.54, 1.807) is 0 Å². The summed E-state index contributed by atoms with van der Waals surface area (Å²) in [5.41, 5.74) is 7.15. The lowest BCUT2D eigenvalue weighted by Crippen LogP contribution is -2.11. The number of phenols is 1. The minimum atomic E-state index is -0.0153.